The molecule has 0 radical (unpaired) electrons. The van der Waals surface area contributed by atoms with E-state index in [2.05, 4.69) is 35.1 Å². The number of nitrogens with zero attached hydrogens (tertiary/aromatic N) is 2. The van der Waals surface area contributed by atoms with Gasteiger partial charge in [-0.15, -0.1) is 0 Å². The number of piperidine rings is 1. The third kappa shape index (κ3) is 3.43. The lowest BCUT2D eigenvalue weighted by molar-refractivity contribution is 0.111. The third-order valence-electron chi connectivity index (χ3n) is 3.47. The van der Waals surface area contributed by atoms with Crippen LogP contribution in [0.3, 0.4) is 0 Å². The van der Waals surface area contributed by atoms with Gasteiger partial charge in [0.1, 0.15) is 5.82 Å². The van der Waals surface area contributed by atoms with Gasteiger partial charge in [0.05, 0.1) is 0 Å². The van der Waals surface area contributed by atoms with Gasteiger partial charge in [-0.05, 0) is 36.4 Å². The van der Waals surface area contributed by atoms with Crippen LogP contribution in [-0.2, 0) is 6.54 Å². The van der Waals surface area contributed by atoms with E-state index in [4.69, 9.17) is 0 Å². The molecule has 1 N–H and O–H groups in total. The van der Waals surface area contributed by atoms with Crippen LogP contribution in [0.25, 0.3) is 0 Å². The van der Waals surface area contributed by atoms with Gasteiger partial charge in [-0.2, -0.15) is 0 Å². The first-order valence-electron chi connectivity index (χ1n) is 6.44. The smallest absolute Gasteiger partial charge is 0.125 e. The van der Waals surface area contributed by atoms with E-state index in [1.54, 1.807) is 0 Å². The highest BCUT2D eigenvalue weighted by molar-refractivity contribution is 5.34. The van der Waals surface area contributed by atoms with Gasteiger partial charge in [0.25, 0.3) is 0 Å². The lowest BCUT2D eigenvalue weighted by Gasteiger charge is -2.38. The monoisotopic (exact) mass is 233 g/mol. The molecule has 1 fully saturated rings. The van der Waals surface area contributed by atoms with E-state index in [-0.39, 0.29) is 0 Å². The molecule has 0 unspecified atom stereocenters. The summed E-state index contributed by atoms with van der Waals surface area (Å²) >= 11 is 0. The van der Waals surface area contributed by atoms with Gasteiger partial charge in [-0.25, -0.2) is 4.98 Å². The predicted molar refractivity (Wildman–Crippen MR) is 72.1 cm³/mol. The van der Waals surface area contributed by atoms with Crippen LogP contribution in [0.1, 0.15) is 32.3 Å². The molecule has 1 aliphatic heterocycles. The van der Waals surface area contributed by atoms with E-state index >= 15 is 0 Å². The summed E-state index contributed by atoms with van der Waals surface area (Å²) in [5.74, 6) is 0.938. The average molecular weight is 233 g/mol. The van der Waals surface area contributed by atoms with Crippen LogP contribution >= 0.6 is 0 Å². The summed E-state index contributed by atoms with van der Waals surface area (Å²) < 4.78 is 0. The number of rotatable bonds is 3. The zero-order valence-corrected chi connectivity index (χ0v) is 11.2. The van der Waals surface area contributed by atoms with Crippen molar-refractivity contribution < 1.29 is 0 Å². The molecule has 0 atom stereocenters. The maximum atomic E-state index is 4.36. The molecular weight excluding hydrogens is 210 g/mol. The van der Waals surface area contributed by atoms with Crippen molar-refractivity contribution in [3.8, 4) is 0 Å². The van der Waals surface area contributed by atoms with Crippen LogP contribution in [0.2, 0.25) is 0 Å². The maximum Gasteiger partial charge on any atom is 0.125 e. The highest BCUT2D eigenvalue weighted by Gasteiger charge is 2.26. The third-order valence-corrected chi connectivity index (χ3v) is 3.47. The first-order valence-corrected chi connectivity index (χ1v) is 6.44. The fourth-order valence-electron chi connectivity index (χ4n) is 2.60. The molecule has 1 aromatic rings. The van der Waals surface area contributed by atoms with Gasteiger partial charge in [-0.3, -0.25) is 4.90 Å². The number of likely N-dealkylation sites (tertiary alicyclic amines) is 1. The molecule has 0 amide bonds. The number of hydrogen-bond donors (Lipinski definition) is 1. The van der Waals surface area contributed by atoms with Crippen molar-refractivity contribution in [1.82, 2.24) is 9.88 Å². The second kappa shape index (κ2) is 5.05. The molecule has 0 bridgehead atoms. The molecule has 1 aliphatic rings. The molecule has 1 aromatic heterocycles. The molecule has 3 nitrogen and oxygen atoms in total. The minimum absolute atomic E-state index is 0.469. The van der Waals surface area contributed by atoms with Gasteiger partial charge in [-0.1, -0.05) is 19.9 Å². The number of nitrogens with one attached hydrogen (secondary N) is 1. The summed E-state index contributed by atoms with van der Waals surface area (Å²) in [7, 11) is 1.90. The van der Waals surface area contributed by atoms with Gasteiger partial charge in [0.2, 0.25) is 0 Å². The number of pyridine rings is 1. The Morgan fingerprint density at radius 1 is 1.41 bits per heavy atom. The molecule has 0 spiro atoms. The normalized spacial score (nSPS) is 20.2. The minimum Gasteiger partial charge on any atom is -0.373 e. The van der Waals surface area contributed by atoms with E-state index in [9.17, 15) is 0 Å². The lowest BCUT2D eigenvalue weighted by atomic mass is 9.84. The topological polar surface area (TPSA) is 28.2 Å². The SMILES string of the molecule is CNc1ccc(CN2CCCC(C)(C)C2)cn1. The van der Waals surface area contributed by atoms with Crippen molar-refractivity contribution in [3.63, 3.8) is 0 Å². The quantitative estimate of drug-likeness (QED) is 0.870. The summed E-state index contributed by atoms with van der Waals surface area (Å²) in [5.41, 5.74) is 1.78. The van der Waals surface area contributed by atoms with E-state index in [0.717, 1.165) is 12.4 Å². The second-order valence-corrected chi connectivity index (χ2v) is 5.78. The van der Waals surface area contributed by atoms with Crippen LogP contribution in [0, 0.1) is 5.41 Å². The van der Waals surface area contributed by atoms with E-state index in [1.807, 2.05) is 19.3 Å². The Balaban J connectivity index is 1.95. The van der Waals surface area contributed by atoms with Gasteiger partial charge < -0.3 is 5.32 Å². The number of anilines is 1. The summed E-state index contributed by atoms with van der Waals surface area (Å²) in [6, 6.07) is 4.21. The fourth-order valence-corrected chi connectivity index (χ4v) is 2.60. The Bertz CT molecular complexity index is 356. The summed E-state index contributed by atoms with van der Waals surface area (Å²) in [6.07, 6.45) is 4.64. The zero-order valence-electron chi connectivity index (χ0n) is 11.2. The number of aromatic nitrogens is 1. The van der Waals surface area contributed by atoms with Crippen molar-refractivity contribution in [2.75, 3.05) is 25.5 Å². The number of hydrogen-bond acceptors (Lipinski definition) is 3. The molecule has 0 aromatic carbocycles. The van der Waals surface area contributed by atoms with Crippen molar-refractivity contribution in [2.45, 2.75) is 33.2 Å². The Morgan fingerprint density at radius 3 is 2.82 bits per heavy atom. The summed E-state index contributed by atoms with van der Waals surface area (Å²) in [6.45, 7) is 8.17. The first-order chi connectivity index (χ1) is 8.09. The average Bonchev–Trinajstić information content (AvgIpc) is 2.29. The highest BCUT2D eigenvalue weighted by Crippen LogP contribution is 2.29. The molecule has 0 saturated carbocycles. The zero-order chi connectivity index (χ0) is 12.3. The van der Waals surface area contributed by atoms with Crippen molar-refractivity contribution in [3.05, 3.63) is 23.9 Å². The Morgan fingerprint density at radius 2 is 2.24 bits per heavy atom. The maximum absolute atomic E-state index is 4.36. The Kier molecular flexibility index (Phi) is 3.67. The standard InChI is InChI=1S/C14H23N3/c1-14(2)7-4-8-17(11-14)10-12-5-6-13(15-3)16-9-12/h5-6,9H,4,7-8,10-11H2,1-3H3,(H,15,16). The molecular formula is C14H23N3. The molecule has 1 saturated heterocycles. The summed E-state index contributed by atoms with van der Waals surface area (Å²) in [4.78, 5) is 6.90. The fraction of sp³-hybridized carbons (Fsp3) is 0.643. The van der Waals surface area contributed by atoms with Crippen LogP contribution in [0.5, 0.6) is 0 Å². The molecule has 94 valence electrons. The molecule has 0 aliphatic carbocycles. The molecule has 3 heteroatoms. The van der Waals surface area contributed by atoms with Crippen molar-refractivity contribution in [2.24, 2.45) is 5.41 Å². The summed E-state index contributed by atoms with van der Waals surface area (Å²) in [5, 5.41) is 3.05. The van der Waals surface area contributed by atoms with Gasteiger partial charge in [0, 0.05) is 26.3 Å². The predicted octanol–water partition coefficient (Wildman–Crippen LogP) is 2.75. The van der Waals surface area contributed by atoms with Crippen LogP contribution in [-0.4, -0.2) is 30.0 Å². The molecule has 2 rings (SSSR count). The van der Waals surface area contributed by atoms with Gasteiger partial charge in [0.15, 0.2) is 0 Å². The molecule has 2 heterocycles. The van der Waals surface area contributed by atoms with E-state index in [0.29, 0.717) is 5.41 Å². The van der Waals surface area contributed by atoms with Crippen molar-refractivity contribution >= 4 is 5.82 Å². The lowest BCUT2D eigenvalue weighted by Crippen LogP contribution is -2.39. The van der Waals surface area contributed by atoms with Crippen molar-refractivity contribution in [1.29, 1.82) is 0 Å². The molecule has 17 heavy (non-hydrogen) atoms. The van der Waals surface area contributed by atoms with Gasteiger partial charge >= 0.3 is 0 Å². The van der Waals surface area contributed by atoms with E-state index < -0.39 is 0 Å². The second-order valence-electron chi connectivity index (χ2n) is 5.78. The Labute approximate surface area is 104 Å². The van der Waals surface area contributed by atoms with E-state index in [1.165, 1.54) is 31.5 Å². The Hall–Kier alpha value is -1.09. The first kappa shape index (κ1) is 12.4. The van der Waals surface area contributed by atoms with Crippen LogP contribution in [0.15, 0.2) is 18.3 Å². The minimum atomic E-state index is 0.469. The van der Waals surface area contributed by atoms with Crippen LogP contribution in [0.4, 0.5) is 5.82 Å². The van der Waals surface area contributed by atoms with Crippen LogP contribution < -0.4 is 5.32 Å². The largest absolute Gasteiger partial charge is 0.373 e. The highest BCUT2D eigenvalue weighted by atomic mass is 15.1.